The maximum Gasteiger partial charge on any atom is 0.154 e. The van der Waals surface area contributed by atoms with E-state index in [1.165, 1.54) is 12.1 Å². The van der Waals surface area contributed by atoms with Crippen LogP contribution in [0, 0.1) is 5.82 Å². The van der Waals surface area contributed by atoms with Crippen LogP contribution in [0.25, 0.3) is 23.1 Å². The van der Waals surface area contributed by atoms with Gasteiger partial charge >= 0.3 is 0 Å². The van der Waals surface area contributed by atoms with Crippen molar-refractivity contribution in [3.05, 3.63) is 65.7 Å². The first-order valence-electron chi connectivity index (χ1n) is 8.71. The van der Waals surface area contributed by atoms with E-state index in [1.54, 1.807) is 6.07 Å². The van der Waals surface area contributed by atoms with Crippen molar-refractivity contribution >= 4 is 28.9 Å². The van der Waals surface area contributed by atoms with Gasteiger partial charge in [-0.1, -0.05) is 30.3 Å². The van der Waals surface area contributed by atoms with Crippen molar-refractivity contribution in [3.8, 4) is 0 Å². The summed E-state index contributed by atoms with van der Waals surface area (Å²) in [6.45, 7) is 1.86. The molecule has 0 saturated heterocycles. The number of halogens is 1. The van der Waals surface area contributed by atoms with Crippen molar-refractivity contribution in [3.63, 3.8) is 0 Å². The minimum absolute atomic E-state index is 0.255. The van der Waals surface area contributed by atoms with Crippen LogP contribution in [0.5, 0.6) is 0 Å². The van der Waals surface area contributed by atoms with Gasteiger partial charge in [-0.25, -0.2) is 14.4 Å². The predicted octanol–water partition coefficient (Wildman–Crippen LogP) is 4.30. The van der Waals surface area contributed by atoms with Gasteiger partial charge in [0, 0.05) is 11.9 Å². The van der Waals surface area contributed by atoms with Crippen molar-refractivity contribution in [2.45, 2.75) is 6.42 Å². The number of fused-ring (bicyclic) bond motifs is 1. The van der Waals surface area contributed by atoms with Crippen molar-refractivity contribution in [1.82, 2.24) is 14.9 Å². The van der Waals surface area contributed by atoms with Crippen LogP contribution in [0.2, 0.25) is 0 Å². The lowest BCUT2D eigenvalue weighted by atomic mass is 10.2. The summed E-state index contributed by atoms with van der Waals surface area (Å²) in [5, 5.41) is 4.42. The fourth-order valence-electron chi connectivity index (χ4n) is 2.69. The van der Waals surface area contributed by atoms with Gasteiger partial charge in [0.2, 0.25) is 0 Å². The molecule has 134 valence electrons. The molecule has 0 fully saturated rings. The molecule has 0 aliphatic rings. The number of aromatic nitrogens is 2. The SMILES string of the molecule is CN(C)CCCNc1nc(C=Cc2cccc(F)c2)nc2ccccc12. The Morgan fingerprint density at radius 1 is 1.04 bits per heavy atom. The van der Waals surface area contributed by atoms with Crippen molar-refractivity contribution in [1.29, 1.82) is 0 Å². The lowest BCUT2D eigenvalue weighted by molar-refractivity contribution is 0.405. The Balaban J connectivity index is 1.84. The number of anilines is 1. The van der Waals surface area contributed by atoms with E-state index in [4.69, 9.17) is 0 Å². The normalized spacial score (nSPS) is 11.5. The Morgan fingerprint density at radius 2 is 1.88 bits per heavy atom. The van der Waals surface area contributed by atoms with Crippen LogP contribution in [0.3, 0.4) is 0 Å². The van der Waals surface area contributed by atoms with Gasteiger partial charge in [-0.05, 0) is 63.0 Å². The van der Waals surface area contributed by atoms with Gasteiger partial charge in [-0.2, -0.15) is 0 Å². The Hall–Kier alpha value is -2.79. The molecule has 0 amide bonds. The molecule has 0 aliphatic carbocycles. The predicted molar refractivity (Wildman–Crippen MR) is 107 cm³/mol. The van der Waals surface area contributed by atoms with Gasteiger partial charge in [-0.3, -0.25) is 0 Å². The summed E-state index contributed by atoms with van der Waals surface area (Å²) >= 11 is 0. The maximum absolute atomic E-state index is 13.3. The highest BCUT2D eigenvalue weighted by Crippen LogP contribution is 2.21. The molecule has 0 atom stereocenters. The number of para-hydroxylation sites is 1. The highest BCUT2D eigenvalue weighted by molar-refractivity contribution is 5.90. The van der Waals surface area contributed by atoms with Crippen LogP contribution >= 0.6 is 0 Å². The fourth-order valence-corrected chi connectivity index (χ4v) is 2.69. The number of rotatable bonds is 7. The van der Waals surface area contributed by atoms with E-state index in [2.05, 4.69) is 34.3 Å². The Kier molecular flexibility index (Phi) is 5.92. The van der Waals surface area contributed by atoms with Gasteiger partial charge in [0.1, 0.15) is 11.6 Å². The second kappa shape index (κ2) is 8.54. The highest BCUT2D eigenvalue weighted by atomic mass is 19.1. The minimum Gasteiger partial charge on any atom is -0.369 e. The quantitative estimate of drug-likeness (QED) is 0.645. The molecule has 1 N–H and O–H groups in total. The zero-order valence-corrected chi connectivity index (χ0v) is 15.1. The van der Waals surface area contributed by atoms with Gasteiger partial charge < -0.3 is 10.2 Å². The summed E-state index contributed by atoms with van der Waals surface area (Å²) in [6.07, 6.45) is 4.66. The lowest BCUT2D eigenvalue weighted by Crippen LogP contribution is -2.16. The largest absolute Gasteiger partial charge is 0.369 e. The fraction of sp³-hybridized carbons (Fsp3) is 0.238. The van der Waals surface area contributed by atoms with Crippen LogP contribution in [-0.4, -0.2) is 42.1 Å². The molecule has 4 nitrogen and oxygen atoms in total. The smallest absolute Gasteiger partial charge is 0.154 e. The first-order valence-corrected chi connectivity index (χ1v) is 8.71. The molecule has 0 bridgehead atoms. The molecule has 3 aromatic rings. The standard InChI is InChI=1S/C21H23FN4/c1-26(2)14-6-13-23-21-18-9-3-4-10-19(18)24-20(25-21)12-11-16-7-5-8-17(22)15-16/h3-5,7-12,15H,6,13-14H2,1-2H3,(H,23,24,25). The summed E-state index contributed by atoms with van der Waals surface area (Å²) in [7, 11) is 4.13. The molecule has 26 heavy (non-hydrogen) atoms. The summed E-state index contributed by atoms with van der Waals surface area (Å²) in [5.41, 5.74) is 1.67. The van der Waals surface area contributed by atoms with Crippen LogP contribution in [-0.2, 0) is 0 Å². The van der Waals surface area contributed by atoms with Crippen molar-refractivity contribution in [2.75, 3.05) is 32.5 Å². The van der Waals surface area contributed by atoms with Crippen LogP contribution in [0.1, 0.15) is 17.8 Å². The van der Waals surface area contributed by atoms with Gasteiger partial charge in [0.15, 0.2) is 5.82 Å². The zero-order valence-electron chi connectivity index (χ0n) is 15.1. The van der Waals surface area contributed by atoms with E-state index >= 15 is 0 Å². The van der Waals surface area contributed by atoms with E-state index in [1.807, 2.05) is 42.5 Å². The monoisotopic (exact) mass is 350 g/mol. The number of hydrogen-bond acceptors (Lipinski definition) is 4. The van der Waals surface area contributed by atoms with Crippen LogP contribution in [0.4, 0.5) is 10.2 Å². The number of benzene rings is 2. The average Bonchev–Trinajstić information content (AvgIpc) is 2.63. The molecule has 0 saturated carbocycles. The van der Waals surface area contributed by atoms with Gasteiger partial charge in [0.05, 0.1) is 5.52 Å². The van der Waals surface area contributed by atoms with Crippen molar-refractivity contribution < 1.29 is 4.39 Å². The topological polar surface area (TPSA) is 41.0 Å². The van der Waals surface area contributed by atoms with Gasteiger partial charge in [-0.15, -0.1) is 0 Å². The molecular weight excluding hydrogens is 327 g/mol. The molecule has 0 unspecified atom stereocenters. The Morgan fingerprint density at radius 3 is 2.69 bits per heavy atom. The first-order chi connectivity index (χ1) is 12.6. The third-order valence-corrected chi connectivity index (χ3v) is 3.97. The lowest BCUT2D eigenvalue weighted by Gasteiger charge is -2.12. The van der Waals surface area contributed by atoms with Crippen LogP contribution in [0.15, 0.2) is 48.5 Å². The van der Waals surface area contributed by atoms with E-state index < -0.39 is 0 Å². The van der Waals surface area contributed by atoms with E-state index in [0.29, 0.717) is 5.82 Å². The molecule has 3 rings (SSSR count). The molecule has 1 heterocycles. The minimum atomic E-state index is -0.255. The molecule has 0 spiro atoms. The first kappa shape index (κ1) is 18.0. The Labute approximate surface area is 153 Å². The van der Waals surface area contributed by atoms with Crippen molar-refractivity contribution in [2.24, 2.45) is 0 Å². The molecule has 1 aromatic heterocycles. The maximum atomic E-state index is 13.3. The molecule has 5 heteroatoms. The summed E-state index contributed by atoms with van der Waals surface area (Å²) in [4.78, 5) is 11.4. The van der Waals surface area contributed by atoms with Crippen LogP contribution < -0.4 is 5.32 Å². The highest BCUT2D eigenvalue weighted by Gasteiger charge is 2.05. The van der Waals surface area contributed by atoms with E-state index in [0.717, 1.165) is 41.8 Å². The molecular formula is C21H23FN4. The third kappa shape index (κ3) is 4.86. The average molecular weight is 350 g/mol. The second-order valence-electron chi connectivity index (χ2n) is 6.42. The molecule has 0 aliphatic heterocycles. The summed E-state index contributed by atoms with van der Waals surface area (Å²) in [5.74, 6) is 1.17. The summed E-state index contributed by atoms with van der Waals surface area (Å²) in [6, 6.07) is 14.4. The van der Waals surface area contributed by atoms with E-state index in [9.17, 15) is 4.39 Å². The summed E-state index contributed by atoms with van der Waals surface area (Å²) < 4.78 is 13.3. The molecule has 0 radical (unpaired) electrons. The van der Waals surface area contributed by atoms with Gasteiger partial charge in [0.25, 0.3) is 0 Å². The number of nitrogens with zero attached hydrogens (tertiary/aromatic N) is 3. The molecule has 2 aromatic carbocycles. The number of hydrogen-bond donors (Lipinski definition) is 1. The van der Waals surface area contributed by atoms with E-state index in [-0.39, 0.29) is 5.82 Å². The Bertz CT molecular complexity index is 905. The number of nitrogens with one attached hydrogen (secondary N) is 1. The second-order valence-corrected chi connectivity index (χ2v) is 6.42. The third-order valence-electron chi connectivity index (χ3n) is 3.97. The zero-order chi connectivity index (χ0) is 18.4.